The van der Waals surface area contributed by atoms with Crippen molar-refractivity contribution in [1.82, 2.24) is 19.5 Å². The number of carbonyl (C=O) groups excluding carboxylic acids is 1. The summed E-state index contributed by atoms with van der Waals surface area (Å²) in [6.07, 6.45) is 1.59. The molecule has 0 saturated heterocycles. The minimum absolute atomic E-state index is 0.133. The van der Waals surface area contributed by atoms with Crippen LogP contribution in [0.15, 0.2) is 29.2 Å². The summed E-state index contributed by atoms with van der Waals surface area (Å²) in [6, 6.07) is 5.16. The van der Waals surface area contributed by atoms with Gasteiger partial charge in [-0.1, -0.05) is 6.07 Å². The van der Waals surface area contributed by atoms with Crippen LogP contribution in [0.5, 0.6) is 0 Å². The number of nitrogens with zero attached hydrogens (tertiary/aromatic N) is 3. The molecule has 0 saturated carbocycles. The predicted molar refractivity (Wildman–Crippen MR) is 59.5 cm³/mol. The standard InChI is InChI=1S/C10H12N4O3/c15-6-4-11-9(16)7-14-10(17)13-5-2-1-3-8(13)12-14/h1-3,5,15H,4,6-7H2,(H,11,16). The van der Waals surface area contributed by atoms with Gasteiger partial charge in [-0.3, -0.25) is 9.20 Å². The largest absolute Gasteiger partial charge is 0.395 e. The number of pyridine rings is 1. The molecular formula is C10H12N4O3. The zero-order valence-corrected chi connectivity index (χ0v) is 9.04. The second-order valence-corrected chi connectivity index (χ2v) is 3.44. The molecule has 2 N–H and O–H groups in total. The second-order valence-electron chi connectivity index (χ2n) is 3.44. The Balaban J connectivity index is 2.22. The van der Waals surface area contributed by atoms with Gasteiger partial charge in [0.05, 0.1) is 6.61 Å². The van der Waals surface area contributed by atoms with Crippen LogP contribution >= 0.6 is 0 Å². The Morgan fingerprint density at radius 2 is 2.29 bits per heavy atom. The Morgan fingerprint density at radius 1 is 1.47 bits per heavy atom. The van der Waals surface area contributed by atoms with E-state index in [-0.39, 0.29) is 31.3 Å². The summed E-state index contributed by atoms with van der Waals surface area (Å²) in [4.78, 5) is 23.1. The first-order valence-corrected chi connectivity index (χ1v) is 5.14. The van der Waals surface area contributed by atoms with Gasteiger partial charge in [-0.15, -0.1) is 5.10 Å². The highest BCUT2D eigenvalue weighted by atomic mass is 16.3. The smallest absolute Gasteiger partial charge is 0.350 e. The van der Waals surface area contributed by atoms with Gasteiger partial charge < -0.3 is 10.4 Å². The zero-order chi connectivity index (χ0) is 12.3. The van der Waals surface area contributed by atoms with Crippen LogP contribution in [0.1, 0.15) is 0 Å². The van der Waals surface area contributed by atoms with Crippen molar-refractivity contribution in [2.75, 3.05) is 13.2 Å². The average molecular weight is 236 g/mol. The van der Waals surface area contributed by atoms with Crippen molar-refractivity contribution in [2.45, 2.75) is 6.54 Å². The van der Waals surface area contributed by atoms with Crippen molar-refractivity contribution in [2.24, 2.45) is 0 Å². The topological polar surface area (TPSA) is 88.6 Å². The molecule has 0 fully saturated rings. The molecule has 2 aromatic rings. The molecule has 2 heterocycles. The molecule has 0 aliphatic heterocycles. The lowest BCUT2D eigenvalue weighted by atomic mass is 10.5. The summed E-state index contributed by atoms with van der Waals surface area (Å²) in [5.74, 6) is -0.357. The van der Waals surface area contributed by atoms with Crippen LogP contribution in [-0.2, 0) is 11.3 Å². The Labute approximate surface area is 96.3 Å². The molecule has 7 nitrogen and oxygen atoms in total. The van der Waals surface area contributed by atoms with Crippen molar-refractivity contribution in [1.29, 1.82) is 0 Å². The fourth-order valence-electron chi connectivity index (χ4n) is 1.46. The number of nitrogens with one attached hydrogen (secondary N) is 1. The van der Waals surface area contributed by atoms with Gasteiger partial charge in [0.2, 0.25) is 5.91 Å². The third kappa shape index (κ3) is 2.34. The van der Waals surface area contributed by atoms with Crippen LogP contribution in [0.25, 0.3) is 5.65 Å². The number of hydrogen-bond acceptors (Lipinski definition) is 4. The minimum Gasteiger partial charge on any atom is -0.395 e. The fourth-order valence-corrected chi connectivity index (χ4v) is 1.46. The van der Waals surface area contributed by atoms with E-state index in [2.05, 4.69) is 10.4 Å². The van der Waals surface area contributed by atoms with Crippen LogP contribution in [0.4, 0.5) is 0 Å². The quantitative estimate of drug-likeness (QED) is 0.683. The SMILES string of the molecule is O=C(Cn1nc2ccccn2c1=O)NCCO. The average Bonchev–Trinajstić information content (AvgIpc) is 2.64. The van der Waals surface area contributed by atoms with E-state index in [1.54, 1.807) is 24.4 Å². The van der Waals surface area contributed by atoms with Gasteiger partial charge in [-0.05, 0) is 12.1 Å². The van der Waals surface area contributed by atoms with Crippen molar-refractivity contribution in [3.63, 3.8) is 0 Å². The van der Waals surface area contributed by atoms with Crippen LogP contribution in [0.3, 0.4) is 0 Å². The van der Waals surface area contributed by atoms with Gasteiger partial charge in [0.15, 0.2) is 5.65 Å². The first kappa shape index (κ1) is 11.3. The maximum Gasteiger partial charge on any atom is 0.350 e. The van der Waals surface area contributed by atoms with E-state index in [0.29, 0.717) is 5.65 Å². The number of aliphatic hydroxyl groups excluding tert-OH is 1. The van der Waals surface area contributed by atoms with E-state index < -0.39 is 0 Å². The molecule has 0 atom stereocenters. The lowest BCUT2D eigenvalue weighted by molar-refractivity contribution is -0.122. The molecule has 1 amide bonds. The number of carbonyl (C=O) groups is 1. The summed E-state index contributed by atoms with van der Waals surface area (Å²) in [5, 5.41) is 15.0. The Bertz CT molecular complexity index is 586. The monoisotopic (exact) mass is 236 g/mol. The molecule has 0 aliphatic carbocycles. The summed E-state index contributed by atoms with van der Waals surface area (Å²) in [6.45, 7) is -0.118. The van der Waals surface area contributed by atoms with Crippen LogP contribution in [0, 0.1) is 0 Å². The van der Waals surface area contributed by atoms with E-state index in [9.17, 15) is 9.59 Å². The molecule has 0 radical (unpaired) electrons. The molecule has 0 bridgehead atoms. The lowest BCUT2D eigenvalue weighted by Gasteiger charge is -2.01. The molecule has 0 spiro atoms. The number of amides is 1. The lowest BCUT2D eigenvalue weighted by Crippen LogP contribution is -2.34. The third-order valence-electron chi connectivity index (χ3n) is 2.22. The zero-order valence-electron chi connectivity index (χ0n) is 9.04. The summed E-state index contributed by atoms with van der Waals surface area (Å²) < 4.78 is 2.45. The highest BCUT2D eigenvalue weighted by Gasteiger charge is 2.09. The minimum atomic E-state index is -0.361. The number of aliphatic hydroxyl groups is 1. The molecular weight excluding hydrogens is 224 g/mol. The van der Waals surface area contributed by atoms with E-state index >= 15 is 0 Å². The maximum atomic E-state index is 11.8. The van der Waals surface area contributed by atoms with Crippen molar-refractivity contribution in [3.8, 4) is 0 Å². The van der Waals surface area contributed by atoms with Gasteiger partial charge >= 0.3 is 5.69 Å². The van der Waals surface area contributed by atoms with Crippen LogP contribution in [0.2, 0.25) is 0 Å². The molecule has 17 heavy (non-hydrogen) atoms. The summed E-state index contributed by atoms with van der Waals surface area (Å²) in [7, 11) is 0. The summed E-state index contributed by atoms with van der Waals surface area (Å²) >= 11 is 0. The van der Waals surface area contributed by atoms with Gasteiger partial charge in [0.25, 0.3) is 0 Å². The summed E-state index contributed by atoms with van der Waals surface area (Å²) in [5.41, 5.74) is 0.132. The predicted octanol–water partition coefficient (Wildman–Crippen LogP) is -1.40. The molecule has 0 aromatic carbocycles. The highest BCUT2D eigenvalue weighted by molar-refractivity contribution is 5.75. The number of hydrogen-bond donors (Lipinski definition) is 2. The molecule has 2 rings (SSSR count). The maximum absolute atomic E-state index is 11.8. The molecule has 0 unspecified atom stereocenters. The van der Waals surface area contributed by atoms with Crippen molar-refractivity contribution in [3.05, 3.63) is 34.9 Å². The number of aromatic nitrogens is 3. The van der Waals surface area contributed by atoms with Gasteiger partial charge in [-0.25, -0.2) is 9.48 Å². The van der Waals surface area contributed by atoms with E-state index in [0.717, 1.165) is 4.68 Å². The number of fused-ring (bicyclic) bond motifs is 1. The third-order valence-corrected chi connectivity index (χ3v) is 2.22. The highest BCUT2D eigenvalue weighted by Crippen LogP contribution is 1.94. The second kappa shape index (κ2) is 4.79. The Morgan fingerprint density at radius 3 is 3.00 bits per heavy atom. The number of rotatable bonds is 4. The normalized spacial score (nSPS) is 10.6. The molecule has 90 valence electrons. The fraction of sp³-hybridized carbons (Fsp3) is 0.300. The molecule has 0 aliphatic rings. The molecule has 7 heteroatoms. The Kier molecular flexibility index (Phi) is 3.20. The molecule has 2 aromatic heterocycles. The van der Waals surface area contributed by atoms with E-state index in [1.807, 2.05) is 0 Å². The Hall–Kier alpha value is -2.15. The van der Waals surface area contributed by atoms with E-state index in [4.69, 9.17) is 5.11 Å². The van der Waals surface area contributed by atoms with Crippen molar-refractivity contribution < 1.29 is 9.90 Å². The first-order valence-electron chi connectivity index (χ1n) is 5.14. The van der Waals surface area contributed by atoms with Gasteiger partial charge in [0, 0.05) is 12.7 Å². The van der Waals surface area contributed by atoms with Gasteiger partial charge in [0.1, 0.15) is 6.54 Å². The van der Waals surface area contributed by atoms with Gasteiger partial charge in [-0.2, -0.15) is 0 Å². The van der Waals surface area contributed by atoms with Crippen LogP contribution in [-0.4, -0.2) is 38.3 Å². The first-order chi connectivity index (χ1) is 8.22. The van der Waals surface area contributed by atoms with Crippen molar-refractivity contribution >= 4 is 11.6 Å². The van der Waals surface area contributed by atoms with E-state index in [1.165, 1.54) is 4.40 Å². The van der Waals surface area contributed by atoms with Crippen LogP contribution < -0.4 is 11.0 Å².